The second-order valence-electron chi connectivity index (χ2n) is 7.04. The zero-order valence-corrected chi connectivity index (χ0v) is 16.0. The molecule has 148 valence electrons. The number of unbranched alkanes of at least 4 members (excludes halogenated alkanes) is 1. The van der Waals surface area contributed by atoms with Crippen LogP contribution >= 0.6 is 0 Å². The van der Waals surface area contributed by atoms with Crippen molar-refractivity contribution in [1.82, 2.24) is 9.80 Å². The van der Waals surface area contributed by atoms with E-state index in [1.165, 1.54) is 6.92 Å². The van der Waals surface area contributed by atoms with Gasteiger partial charge in [0.2, 0.25) is 11.8 Å². The van der Waals surface area contributed by atoms with Crippen molar-refractivity contribution in [2.75, 3.05) is 26.2 Å². The van der Waals surface area contributed by atoms with E-state index in [0.717, 1.165) is 6.42 Å². The lowest BCUT2D eigenvalue weighted by Crippen LogP contribution is -2.40. The van der Waals surface area contributed by atoms with Gasteiger partial charge in [0.05, 0.1) is 18.9 Å². The third-order valence-corrected chi connectivity index (χ3v) is 4.55. The maximum absolute atomic E-state index is 12.1. The summed E-state index contributed by atoms with van der Waals surface area (Å²) in [5, 5.41) is 9.45. The number of likely N-dealkylation sites (tertiary alicyclic amines) is 1. The third kappa shape index (κ3) is 8.56. The van der Waals surface area contributed by atoms with E-state index >= 15 is 0 Å². The summed E-state index contributed by atoms with van der Waals surface area (Å²) < 4.78 is 0. The lowest BCUT2D eigenvalue weighted by molar-refractivity contribution is -0.137. The number of rotatable bonds is 11. The number of hydrogen-bond acceptors (Lipinski definition) is 5. The van der Waals surface area contributed by atoms with Crippen molar-refractivity contribution >= 4 is 23.4 Å². The number of nitrogens with zero attached hydrogens (tertiary/aromatic N) is 2. The van der Waals surface area contributed by atoms with Crippen molar-refractivity contribution in [2.24, 2.45) is 0 Å². The van der Waals surface area contributed by atoms with Gasteiger partial charge in [-0.25, -0.2) is 0 Å². The number of ketones is 2. The van der Waals surface area contributed by atoms with Crippen LogP contribution in [0.2, 0.25) is 0 Å². The summed E-state index contributed by atoms with van der Waals surface area (Å²) in [6.45, 7) is 5.54. The largest absolute Gasteiger partial charge is 0.393 e. The van der Waals surface area contributed by atoms with Gasteiger partial charge in [0.1, 0.15) is 11.6 Å². The zero-order chi connectivity index (χ0) is 19.5. The molecule has 1 heterocycles. The normalized spacial score (nSPS) is 15.0. The molecule has 1 rings (SSSR count). The minimum atomic E-state index is -0.341. The second-order valence-corrected chi connectivity index (χ2v) is 7.04. The van der Waals surface area contributed by atoms with E-state index < -0.39 is 0 Å². The highest BCUT2D eigenvalue weighted by Gasteiger charge is 2.22. The number of Topliss-reactive ketones (excluding diaryl/α,β-unsaturated/α-hetero) is 2. The molecule has 26 heavy (non-hydrogen) atoms. The van der Waals surface area contributed by atoms with Crippen molar-refractivity contribution in [3.05, 3.63) is 0 Å². The third-order valence-electron chi connectivity index (χ3n) is 4.55. The molecule has 7 nitrogen and oxygen atoms in total. The Morgan fingerprint density at radius 1 is 1.04 bits per heavy atom. The highest BCUT2D eigenvalue weighted by Crippen LogP contribution is 2.12. The van der Waals surface area contributed by atoms with Crippen LogP contribution < -0.4 is 0 Å². The highest BCUT2D eigenvalue weighted by atomic mass is 16.3. The van der Waals surface area contributed by atoms with Crippen LogP contribution in [0.3, 0.4) is 0 Å². The molecule has 0 aliphatic carbocycles. The lowest BCUT2D eigenvalue weighted by Gasteiger charge is -2.29. The average Bonchev–Trinajstić information content (AvgIpc) is 2.57. The van der Waals surface area contributed by atoms with Crippen LogP contribution in [0.4, 0.5) is 0 Å². The van der Waals surface area contributed by atoms with E-state index in [4.69, 9.17) is 0 Å². The number of hydrogen-bond donors (Lipinski definition) is 1. The number of carbonyl (C=O) groups excluding carboxylic acids is 4. The number of aliphatic hydroxyl groups excluding tert-OH is 1. The van der Waals surface area contributed by atoms with Crippen molar-refractivity contribution in [1.29, 1.82) is 0 Å². The Labute approximate surface area is 155 Å². The van der Waals surface area contributed by atoms with Crippen LogP contribution in [0, 0.1) is 0 Å². The number of aliphatic hydroxyl groups is 1. The summed E-state index contributed by atoms with van der Waals surface area (Å²) in [6, 6.07) is 0. The smallest absolute Gasteiger partial charge is 0.230 e. The second kappa shape index (κ2) is 11.8. The quantitative estimate of drug-likeness (QED) is 0.438. The molecule has 0 radical (unpaired) electrons. The summed E-state index contributed by atoms with van der Waals surface area (Å²) in [6.07, 6.45) is 3.09. The van der Waals surface area contributed by atoms with Gasteiger partial charge in [-0.1, -0.05) is 6.92 Å². The Kier molecular flexibility index (Phi) is 10.1. The first-order valence-corrected chi connectivity index (χ1v) is 9.58. The molecule has 0 aromatic rings. The van der Waals surface area contributed by atoms with Crippen LogP contribution in [0.15, 0.2) is 0 Å². The molecule has 0 atom stereocenters. The maximum Gasteiger partial charge on any atom is 0.230 e. The van der Waals surface area contributed by atoms with Crippen LogP contribution in [-0.2, 0) is 19.2 Å². The molecule has 0 saturated carbocycles. The van der Waals surface area contributed by atoms with Gasteiger partial charge in [-0.2, -0.15) is 0 Å². The van der Waals surface area contributed by atoms with Gasteiger partial charge in [-0.05, 0) is 39.0 Å². The molecule has 1 N–H and O–H groups in total. The fourth-order valence-corrected chi connectivity index (χ4v) is 3.06. The van der Waals surface area contributed by atoms with E-state index in [-0.39, 0.29) is 42.3 Å². The number of amides is 2. The summed E-state index contributed by atoms with van der Waals surface area (Å²) in [4.78, 5) is 50.5. The van der Waals surface area contributed by atoms with Gasteiger partial charge in [-0.3, -0.25) is 19.2 Å². The molecular weight excluding hydrogens is 336 g/mol. The van der Waals surface area contributed by atoms with Crippen LogP contribution in [-0.4, -0.2) is 70.6 Å². The Morgan fingerprint density at radius 2 is 1.69 bits per heavy atom. The minimum absolute atomic E-state index is 0.0715. The Hall–Kier alpha value is -1.76. The number of carbonyl (C=O) groups is 4. The average molecular weight is 368 g/mol. The fraction of sp³-hybridized carbons (Fsp3) is 0.789. The first-order chi connectivity index (χ1) is 12.3. The van der Waals surface area contributed by atoms with E-state index in [9.17, 15) is 24.3 Å². The summed E-state index contributed by atoms with van der Waals surface area (Å²) >= 11 is 0. The Morgan fingerprint density at radius 3 is 2.27 bits per heavy atom. The lowest BCUT2D eigenvalue weighted by atomic mass is 10.1. The van der Waals surface area contributed by atoms with Crippen molar-refractivity contribution in [3.8, 4) is 0 Å². The minimum Gasteiger partial charge on any atom is -0.393 e. The van der Waals surface area contributed by atoms with E-state index in [0.29, 0.717) is 58.3 Å². The zero-order valence-electron chi connectivity index (χ0n) is 16.0. The number of piperidine rings is 1. The van der Waals surface area contributed by atoms with E-state index in [2.05, 4.69) is 0 Å². The Balaban J connectivity index is 2.26. The molecule has 0 unspecified atom stereocenters. The summed E-state index contributed by atoms with van der Waals surface area (Å²) in [5.74, 6) is -0.549. The maximum atomic E-state index is 12.1. The summed E-state index contributed by atoms with van der Waals surface area (Å²) in [5.41, 5.74) is 0. The molecule has 1 saturated heterocycles. The first-order valence-electron chi connectivity index (χ1n) is 9.58. The topological polar surface area (TPSA) is 95.0 Å². The molecule has 2 amide bonds. The molecule has 1 aliphatic rings. The fourth-order valence-electron chi connectivity index (χ4n) is 3.06. The SMILES string of the molecule is CCCN(CCCCC(=O)CC(=O)N1CCC(O)CC1)C(=O)CC(C)=O. The van der Waals surface area contributed by atoms with Crippen molar-refractivity contribution in [2.45, 2.75) is 71.3 Å². The molecular formula is C19H32N2O5. The van der Waals surface area contributed by atoms with Gasteiger partial charge in [0.25, 0.3) is 0 Å². The van der Waals surface area contributed by atoms with E-state index in [1.54, 1.807) is 9.80 Å². The van der Waals surface area contributed by atoms with Crippen molar-refractivity contribution in [3.63, 3.8) is 0 Å². The molecule has 0 aromatic heterocycles. The highest BCUT2D eigenvalue weighted by molar-refractivity contribution is 5.98. The molecule has 0 spiro atoms. The first kappa shape index (κ1) is 22.3. The van der Waals surface area contributed by atoms with Crippen molar-refractivity contribution < 1.29 is 24.3 Å². The summed E-state index contributed by atoms with van der Waals surface area (Å²) in [7, 11) is 0. The van der Waals surface area contributed by atoms with Gasteiger partial charge in [0, 0.05) is 32.6 Å². The van der Waals surface area contributed by atoms with Gasteiger partial charge >= 0.3 is 0 Å². The van der Waals surface area contributed by atoms with Gasteiger partial charge in [-0.15, -0.1) is 0 Å². The molecule has 1 fully saturated rings. The Bertz CT molecular complexity index is 498. The van der Waals surface area contributed by atoms with Gasteiger partial charge < -0.3 is 14.9 Å². The monoisotopic (exact) mass is 368 g/mol. The molecule has 0 aromatic carbocycles. The van der Waals surface area contributed by atoms with Gasteiger partial charge in [0.15, 0.2) is 0 Å². The predicted octanol–water partition coefficient (Wildman–Crippen LogP) is 1.32. The van der Waals surface area contributed by atoms with Crippen LogP contribution in [0.25, 0.3) is 0 Å². The van der Waals surface area contributed by atoms with Crippen LogP contribution in [0.1, 0.15) is 65.2 Å². The molecule has 7 heteroatoms. The predicted molar refractivity (Wildman–Crippen MR) is 97.5 cm³/mol. The van der Waals surface area contributed by atoms with Crippen LogP contribution in [0.5, 0.6) is 0 Å². The van der Waals surface area contributed by atoms with E-state index in [1.807, 2.05) is 6.92 Å². The molecule has 1 aliphatic heterocycles. The standard InChI is InChI=1S/C19H32N2O5/c1-3-9-20(18(25)13-15(2)22)10-5-4-6-17(24)14-19(26)21-11-7-16(23)8-12-21/h16,23H,3-14H2,1-2H3. The molecule has 0 bridgehead atoms.